The number of carbonyl (C=O) groups is 1. The number of hydrogen-bond donors (Lipinski definition) is 4. The normalized spacial score (nSPS) is 10.1. The van der Waals surface area contributed by atoms with E-state index in [-0.39, 0.29) is 19.1 Å². The van der Waals surface area contributed by atoms with Crippen molar-refractivity contribution in [2.75, 3.05) is 18.9 Å². The van der Waals surface area contributed by atoms with E-state index < -0.39 is 0 Å². The van der Waals surface area contributed by atoms with Gasteiger partial charge in [0.2, 0.25) is 5.91 Å². The van der Waals surface area contributed by atoms with Crippen molar-refractivity contribution in [1.82, 2.24) is 10.9 Å². The van der Waals surface area contributed by atoms with Crippen LogP contribution in [0.4, 0.5) is 5.69 Å². The molecule has 4 N–H and O–H groups in total. The Morgan fingerprint density at radius 2 is 2.06 bits per heavy atom. The number of amides is 1. The number of anilines is 1. The zero-order valence-electron chi connectivity index (χ0n) is 8.99. The summed E-state index contributed by atoms with van der Waals surface area (Å²) in [7, 11) is 1.69. The van der Waals surface area contributed by atoms with Crippen molar-refractivity contribution < 1.29 is 14.9 Å². The first kappa shape index (κ1) is 12.6. The summed E-state index contributed by atoms with van der Waals surface area (Å²) in [5.74, 6) is -0.138. The maximum Gasteiger partial charge on any atom is 0.239 e. The average molecular weight is 225 g/mol. The molecule has 16 heavy (non-hydrogen) atoms. The summed E-state index contributed by atoms with van der Waals surface area (Å²) in [5, 5.41) is 10.9. The molecule has 0 aliphatic rings. The number of nitrogens with one attached hydrogen (secondary N) is 3. The van der Waals surface area contributed by atoms with Gasteiger partial charge in [0.15, 0.2) is 0 Å². The Bertz CT molecular complexity index is 327. The predicted molar refractivity (Wildman–Crippen MR) is 59.6 cm³/mol. The molecule has 0 aromatic heterocycles. The lowest BCUT2D eigenvalue weighted by Gasteiger charge is -2.06. The largest absolute Gasteiger partial charge is 0.325 e. The highest BCUT2D eigenvalue weighted by Gasteiger charge is 2.00. The number of carbonyl (C=O) groups excluding carboxylic acids is 1. The number of rotatable bonds is 6. The van der Waals surface area contributed by atoms with E-state index >= 15 is 0 Å². The quantitative estimate of drug-likeness (QED) is 0.414. The highest BCUT2D eigenvalue weighted by Crippen LogP contribution is 2.09. The molecule has 1 aromatic carbocycles. The smallest absolute Gasteiger partial charge is 0.239 e. The second-order valence-corrected chi connectivity index (χ2v) is 3.12. The summed E-state index contributed by atoms with van der Waals surface area (Å²) in [6.07, 6.45) is 0. The highest BCUT2D eigenvalue weighted by atomic mass is 17.1. The molecule has 88 valence electrons. The molecule has 1 aromatic rings. The van der Waals surface area contributed by atoms with Crippen LogP contribution in [0.1, 0.15) is 5.56 Å². The van der Waals surface area contributed by atoms with Crippen molar-refractivity contribution in [3.05, 3.63) is 29.8 Å². The first-order valence-electron chi connectivity index (χ1n) is 4.81. The van der Waals surface area contributed by atoms with E-state index in [0.29, 0.717) is 5.69 Å². The highest BCUT2D eigenvalue weighted by molar-refractivity contribution is 5.92. The van der Waals surface area contributed by atoms with Crippen molar-refractivity contribution >= 4 is 11.6 Å². The number of hydrazine groups is 1. The van der Waals surface area contributed by atoms with Crippen LogP contribution in [0.3, 0.4) is 0 Å². The molecule has 0 fully saturated rings. The Hall–Kier alpha value is -1.47. The van der Waals surface area contributed by atoms with Gasteiger partial charge in [-0.15, -0.1) is 0 Å². The van der Waals surface area contributed by atoms with Crippen LogP contribution in [0, 0.1) is 0 Å². The van der Waals surface area contributed by atoms with Crippen LogP contribution >= 0.6 is 0 Å². The molecule has 0 saturated heterocycles. The Balaban J connectivity index is 2.45. The van der Waals surface area contributed by atoms with Crippen molar-refractivity contribution in [3.63, 3.8) is 0 Å². The Morgan fingerprint density at radius 1 is 1.38 bits per heavy atom. The van der Waals surface area contributed by atoms with Crippen molar-refractivity contribution in [3.8, 4) is 0 Å². The van der Waals surface area contributed by atoms with Crippen LogP contribution in [-0.2, 0) is 16.3 Å². The lowest BCUT2D eigenvalue weighted by molar-refractivity contribution is -0.253. The molecule has 0 atom stereocenters. The van der Waals surface area contributed by atoms with Gasteiger partial charge in [0.05, 0.1) is 6.54 Å². The van der Waals surface area contributed by atoms with Gasteiger partial charge in [-0.25, -0.2) is 10.3 Å². The van der Waals surface area contributed by atoms with Crippen LogP contribution < -0.4 is 16.2 Å². The maximum atomic E-state index is 11.3. The maximum absolute atomic E-state index is 11.3. The van der Waals surface area contributed by atoms with E-state index in [2.05, 4.69) is 21.1 Å². The zero-order chi connectivity index (χ0) is 11.8. The number of hydrogen-bond acceptors (Lipinski definition) is 5. The fourth-order valence-corrected chi connectivity index (χ4v) is 1.13. The first-order valence-corrected chi connectivity index (χ1v) is 4.81. The van der Waals surface area contributed by atoms with Crippen molar-refractivity contribution in [2.24, 2.45) is 0 Å². The van der Waals surface area contributed by atoms with Crippen molar-refractivity contribution in [2.45, 2.75) is 6.61 Å². The minimum Gasteiger partial charge on any atom is -0.325 e. The van der Waals surface area contributed by atoms with Crippen LogP contribution in [0.15, 0.2) is 24.3 Å². The summed E-state index contributed by atoms with van der Waals surface area (Å²) in [6, 6.07) is 7.01. The first-order chi connectivity index (χ1) is 7.76. The molecule has 0 bridgehead atoms. The van der Waals surface area contributed by atoms with Crippen LogP contribution in [0.25, 0.3) is 0 Å². The molecule has 0 saturated carbocycles. The summed E-state index contributed by atoms with van der Waals surface area (Å²) >= 11 is 0. The van der Waals surface area contributed by atoms with Gasteiger partial charge in [0.25, 0.3) is 0 Å². The topological polar surface area (TPSA) is 82.6 Å². The monoisotopic (exact) mass is 225 g/mol. The Labute approximate surface area is 93.5 Å². The Morgan fingerprint density at radius 3 is 2.62 bits per heavy atom. The van der Waals surface area contributed by atoms with Gasteiger partial charge in [-0.2, -0.15) is 0 Å². The molecule has 0 unspecified atom stereocenters. The average Bonchev–Trinajstić information content (AvgIpc) is 2.29. The molecule has 0 aliphatic carbocycles. The molecule has 0 aliphatic heterocycles. The minimum atomic E-state index is -0.138. The van der Waals surface area contributed by atoms with Crippen LogP contribution in [0.5, 0.6) is 0 Å². The standard InChI is InChI=1S/C10H15N3O3/c1-11-12-6-10(14)13-9-4-2-8(3-5-9)7-16-15/h2-5,11-12,15H,6-7H2,1H3,(H,13,14). The van der Waals surface area contributed by atoms with Crippen LogP contribution in [-0.4, -0.2) is 24.8 Å². The van der Waals surface area contributed by atoms with Gasteiger partial charge in [-0.3, -0.25) is 15.5 Å². The third-order valence-corrected chi connectivity index (χ3v) is 1.89. The fourth-order valence-electron chi connectivity index (χ4n) is 1.13. The molecule has 0 heterocycles. The van der Waals surface area contributed by atoms with Crippen LogP contribution in [0.2, 0.25) is 0 Å². The second-order valence-electron chi connectivity index (χ2n) is 3.12. The molecule has 1 amide bonds. The van der Waals surface area contributed by atoms with Gasteiger partial charge in [0.1, 0.15) is 6.61 Å². The third-order valence-electron chi connectivity index (χ3n) is 1.89. The van der Waals surface area contributed by atoms with Gasteiger partial charge in [0, 0.05) is 5.69 Å². The summed E-state index contributed by atoms with van der Waals surface area (Å²) in [5.41, 5.74) is 6.87. The SMILES string of the molecule is CNNCC(=O)Nc1ccc(COO)cc1. The third kappa shape index (κ3) is 4.37. The fraction of sp³-hybridized carbons (Fsp3) is 0.300. The van der Waals surface area contributed by atoms with Gasteiger partial charge < -0.3 is 5.32 Å². The van der Waals surface area contributed by atoms with E-state index in [4.69, 9.17) is 5.26 Å². The van der Waals surface area contributed by atoms with Crippen molar-refractivity contribution in [1.29, 1.82) is 0 Å². The summed E-state index contributed by atoms with van der Waals surface area (Å²) in [6.45, 7) is 0.327. The lowest BCUT2D eigenvalue weighted by atomic mass is 10.2. The van der Waals surface area contributed by atoms with E-state index in [0.717, 1.165) is 5.56 Å². The molecule has 6 heteroatoms. The van der Waals surface area contributed by atoms with E-state index in [1.807, 2.05) is 0 Å². The molecule has 0 radical (unpaired) electrons. The Kier molecular flexibility index (Phi) is 5.44. The summed E-state index contributed by atoms with van der Waals surface area (Å²) < 4.78 is 0. The molecular formula is C10H15N3O3. The van der Waals surface area contributed by atoms with Gasteiger partial charge >= 0.3 is 0 Å². The molecular weight excluding hydrogens is 210 g/mol. The molecule has 6 nitrogen and oxygen atoms in total. The van der Waals surface area contributed by atoms with E-state index in [9.17, 15) is 4.79 Å². The minimum absolute atomic E-state index is 0.134. The lowest BCUT2D eigenvalue weighted by Crippen LogP contribution is -2.35. The second kappa shape index (κ2) is 6.91. The van der Waals surface area contributed by atoms with E-state index in [1.165, 1.54) is 0 Å². The predicted octanol–water partition coefficient (Wildman–Crippen LogP) is 0.339. The molecule has 0 spiro atoms. The number of benzene rings is 1. The van der Waals surface area contributed by atoms with E-state index in [1.54, 1.807) is 31.3 Å². The zero-order valence-corrected chi connectivity index (χ0v) is 8.99. The van der Waals surface area contributed by atoms with Gasteiger partial charge in [-0.05, 0) is 24.7 Å². The molecule has 1 rings (SSSR count). The van der Waals surface area contributed by atoms with Gasteiger partial charge in [-0.1, -0.05) is 12.1 Å². The summed E-state index contributed by atoms with van der Waals surface area (Å²) in [4.78, 5) is 15.3.